The second kappa shape index (κ2) is 5.02. The predicted molar refractivity (Wildman–Crippen MR) is 53.5 cm³/mol. The van der Waals surface area contributed by atoms with Crippen LogP contribution in [0.1, 0.15) is 50.3 Å². The third-order valence-electron chi connectivity index (χ3n) is 1.95. The van der Waals surface area contributed by atoms with Gasteiger partial charge in [-0.15, -0.1) is 0 Å². The first-order valence-corrected chi connectivity index (χ1v) is 5.02. The number of ether oxygens (including phenoxy) is 1. The maximum absolute atomic E-state index is 11.0. The third kappa shape index (κ3) is 2.86. The molecular formula is C10H16N2O3. The molecule has 0 saturated heterocycles. The van der Waals surface area contributed by atoms with Gasteiger partial charge in [-0.2, -0.15) is 4.98 Å². The van der Waals surface area contributed by atoms with E-state index in [9.17, 15) is 4.79 Å². The second-order valence-electron chi connectivity index (χ2n) is 3.63. The molecule has 1 heterocycles. The molecule has 0 aliphatic rings. The summed E-state index contributed by atoms with van der Waals surface area (Å²) in [7, 11) is 0. The minimum atomic E-state index is -0.229. The van der Waals surface area contributed by atoms with Gasteiger partial charge in [0.05, 0.1) is 0 Å². The maximum Gasteiger partial charge on any atom is 0.293 e. The largest absolute Gasteiger partial charge is 0.370 e. The van der Waals surface area contributed by atoms with Gasteiger partial charge >= 0.3 is 0 Å². The van der Waals surface area contributed by atoms with Gasteiger partial charge in [-0.05, 0) is 12.8 Å². The van der Waals surface area contributed by atoms with Gasteiger partial charge < -0.3 is 9.26 Å². The van der Waals surface area contributed by atoms with E-state index >= 15 is 0 Å². The number of carbonyl (C=O) groups excluding carboxylic acids is 1. The topological polar surface area (TPSA) is 65.2 Å². The average Bonchev–Trinajstić information content (AvgIpc) is 2.62. The molecule has 0 aliphatic carbocycles. The molecule has 0 saturated carbocycles. The number of Topliss-reactive ketones (excluding diaryl/α,β-unsaturated/α-hetero) is 1. The Morgan fingerprint density at radius 1 is 1.53 bits per heavy atom. The maximum atomic E-state index is 11.0. The fraction of sp³-hybridized carbons (Fsp3) is 0.700. The normalized spacial score (nSPS) is 13.1. The van der Waals surface area contributed by atoms with Gasteiger partial charge in [0.15, 0.2) is 0 Å². The SMILES string of the molecule is CCOC(c1noc(C(C)=O)n1)C(C)C. The van der Waals surface area contributed by atoms with Gasteiger partial charge in [-0.3, -0.25) is 4.79 Å². The summed E-state index contributed by atoms with van der Waals surface area (Å²) in [6, 6.07) is 0. The van der Waals surface area contributed by atoms with Crippen molar-refractivity contribution in [2.75, 3.05) is 6.61 Å². The zero-order valence-electron chi connectivity index (χ0n) is 9.48. The van der Waals surface area contributed by atoms with E-state index in [4.69, 9.17) is 9.26 Å². The van der Waals surface area contributed by atoms with Gasteiger partial charge in [0.25, 0.3) is 5.89 Å². The molecule has 84 valence electrons. The summed E-state index contributed by atoms with van der Waals surface area (Å²) in [6.07, 6.45) is -0.216. The Morgan fingerprint density at radius 2 is 2.20 bits per heavy atom. The van der Waals surface area contributed by atoms with E-state index in [0.717, 1.165) is 0 Å². The van der Waals surface area contributed by atoms with E-state index in [1.54, 1.807) is 0 Å². The predicted octanol–water partition coefficient (Wildman–Crippen LogP) is 2.01. The number of hydrogen-bond donors (Lipinski definition) is 0. The van der Waals surface area contributed by atoms with Crippen LogP contribution in [0.3, 0.4) is 0 Å². The van der Waals surface area contributed by atoms with Crippen molar-refractivity contribution < 1.29 is 14.1 Å². The second-order valence-corrected chi connectivity index (χ2v) is 3.63. The fourth-order valence-electron chi connectivity index (χ4n) is 1.24. The third-order valence-corrected chi connectivity index (χ3v) is 1.95. The number of carbonyl (C=O) groups is 1. The fourth-order valence-corrected chi connectivity index (χ4v) is 1.24. The van der Waals surface area contributed by atoms with Crippen molar-refractivity contribution in [1.29, 1.82) is 0 Å². The van der Waals surface area contributed by atoms with Crippen molar-refractivity contribution in [2.24, 2.45) is 5.92 Å². The average molecular weight is 212 g/mol. The zero-order chi connectivity index (χ0) is 11.4. The molecular weight excluding hydrogens is 196 g/mol. The molecule has 5 nitrogen and oxygen atoms in total. The van der Waals surface area contributed by atoms with Crippen LogP contribution in [-0.2, 0) is 4.74 Å². The lowest BCUT2D eigenvalue weighted by molar-refractivity contribution is 0.0217. The van der Waals surface area contributed by atoms with Crippen molar-refractivity contribution in [3.05, 3.63) is 11.7 Å². The summed E-state index contributed by atoms with van der Waals surface area (Å²) in [6.45, 7) is 7.88. The van der Waals surface area contributed by atoms with E-state index in [1.165, 1.54) is 6.92 Å². The Balaban J connectivity index is 2.86. The lowest BCUT2D eigenvalue weighted by Gasteiger charge is -2.16. The van der Waals surface area contributed by atoms with E-state index in [0.29, 0.717) is 12.4 Å². The molecule has 1 aromatic rings. The van der Waals surface area contributed by atoms with Gasteiger partial charge in [-0.25, -0.2) is 0 Å². The van der Waals surface area contributed by atoms with E-state index in [-0.39, 0.29) is 23.7 Å². The van der Waals surface area contributed by atoms with Crippen LogP contribution in [0, 0.1) is 5.92 Å². The molecule has 0 fully saturated rings. The first kappa shape index (κ1) is 11.8. The smallest absolute Gasteiger partial charge is 0.293 e. The van der Waals surface area contributed by atoms with E-state index < -0.39 is 0 Å². The molecule has 0 amide bonds. The van der Waals surface area contributed by atoms with Crippen LogP contribution in [0.2, 0.25) is 0 Å². The van der Waals surface area contributed by atoms with Crippen LogP contribution in [-0.4, -0.2) is 22.5 Å². The molecule has 1 unspecified atom stereocenters. The highest BCUT2D eigenvalue weighted by Gasteiger charge is 2.23. The molecule has 1 rings (SSSR count). The molecule has 0 bridgehead atoms. The molecule has 0 N–H and O–H groups in total. The Bertz CT molecular complexity index is 333. The van der Waals surface area contributed by atoms with Crippen LogP contribution in [0.5, 0.6) is 0 Å². The minimum absolute atomic E-state index is 0.0374. The first-order valence-electron chi connectivity index (χ1n) is 5.02. The van der Waals surface area contributed by atoms with Crippen molar-refractivity contribution >= 4 is 5.78 Å². The van der Waals surface area contributed by atoms with Crippen LogP contribution < -0.4 is 0 Å². The summed E-state index contributed by atoms with van der Waals surface area (Å²) >= 11 is 0. The summed E-state index contributed by atoms with van der Waals surface area (Å²) in [4.78, 5) is 15.0. The van der Waals surface area contributed by atoms with Crippen molar-refractivity contribution in [3.63, 3.8) is 0 Å². The van der Waals surface area contributed by atoms with Crippen molar-refractivity contribution in [1.82, 2.24) is 10.1 Å². The minimum Gasteiger partial charge on any atom is -0.370 e. The number of aromatic nitrogens is 2. The van der Waals surface area contributed by atoms with Gasteiger partial charge in [0, 0.05) is 13.5 Å². The lowest BCUT2D eigenvalue weighted by atomic mass is 10.1. The Morgan fingerprint density at radius 3 is 2.60 bits per heavy atom. The lowest BCUT2D eigenvalue weighted by Crippen LogP contribution is -2.13. The van der Waals surface area contributed by atoms with Gasteiger partial charge in [0.1, 0.15) is 6.10 Å². The summed E-state index contributed by atoms with van der Waals surface area (Å²) in [5.74, 6) is 0.488. The summed E-state index contributed by atoms with van der Waals surface area (Å²) < 4.78 is 10.3. The van der Waals surface area contributed by atoms with Crippen LogP contribution in [0.15, 0.2) is 4.52 Å². The molecule has 1 aromatic heterocycles. The van der Waals surface area contributed by atoms with Gasteiger partial charge in [-0.1, -0.05) is 19.0 Å². The Kier molecular flexibility index (Phi) is 3.96. The number of rotatable bonds is 5. The van der Waals surface area contributed by atoms with Crippen LogP contribution in [0.4, 0.5) is 0 Å². The highest BCUT2D eigenvalue weighted by molar-refractivity contribution is 5.89. The molecule has 0 aliphatic heterocycles. The van der Waals surface area contributed by atoms with Crippen LogP contribution in [0.25, 0.3) is 0 Å². The standard InChI is InChI=1S/C10H16N2O3/c1-5-14-8(6(2)3)9-11-10(7(4)13)15-12-9/h6,8H,5H2,1-4H3. The first-order chi connectivity index (χ1) is 7.06. The Labute approximate surface area is 88.8 Å². The zero-order valence-corrected chi connectivity index (χ0v) is 9.48. The summed E-state index contributed by atoms with van der Waals surface area (Å²) in [5, 5.41) is 3.75. The number of hydrogen-bond acceptors (Lipinski definition) is 5. The van der Waals surface area contributed by atoms with Crippen molar-refractivity contribution in [3.8, 4) is 0 Å². The van der Waals surface area contributed by atoms with E-state index in [2.05, 4.69) is 10.1 Å². The molecule has 0 aromatic carbocycles. The quantitative estimate of drug-likeness (QED) is 0.698. The monoisotopic (exact) mass is 212 g/mol. The Hall–Kier alpha value is -1.23. The molecule has 15 heavy (non-hydrogen) atoms. The molecule has 0 radical (unpaired) electrons. The highest BCUT2D eigenvalue weighted by Crippen LogP contribution is 2.23. The van der Waals surface area contributed by atoms with Crippen molar-refractivity contribution in [2.45, 2.75) is 33.8 Å². The highest BCUT2D eigenvalue weighted by atomic mass is 16.5. The number of nitrogens with zero attached hydrogens (tertiary/aromatic N) is 2. The molecule has 0 spiro atoms. The van der Waals surface area contributed by atoms with Gasteiger partial charge in [0.2, 0.25) is 11.6 Å². The number of ketones is 1. The summed E-state index contributed by atoms with van der Waals surface area (Å²) in [5.41, 5.74) is 0. The molecule has 5 heteroatoms. The molecule has 1 atom stereocenters. The van der Waals surface area contributed by atoms with Crippen LogP contribution >= 0.6 is 0 Å². The van der Waals surface area contributed by atoms with E-state index in [1.807, 2.05) is 20.8 Å².